The van der Waals surface area contributed by atoms with Crippen molar-refractivity contribution in [3.63, 3.8) is 0 Å². The number of hydrogen-bond acceptors (Lipinski definition) is 2. The van der Waals surface area contributed by atoms with Gasteiger partial charge in [0.15, 0.2) is 5.66 Å². The van der Waals surface area contributed by atoms with E-state index < -0.39 is 11.8 Å². The maximum Gasteiger partial charge on any atom is 0.257 e. The molecular weight excluding hydrogens is 439 g/mol. The number of amides is 2. The van der Waals surface area contributed by atoms with Crippen LogP contribution in [0.25, 0.3) is 0 Å². The van der Waals surface area contributed by atoms with Crippen LogP contribution in [0.2, 0.25) is 5.02 Å². The van der Waals surface area contributed by atoms with Crippen molar-refractivity contribution in [1.82, 2.24) is 9.80 Å². The SMILES string of the molecule is O=C(C1=CCC(F)C=C1)N1C2CCCCC2N2C(=O)c3ccccc3C12c1ccc(Cl)cc1. The number of halogens is 2. The second-order valence-corrected chi connectivity index (χ2v) is 9.70. The molecule has 2 aromatic carbocycles. The van der Waals surface area contributed by atoms with E-state index in [9.17, 15) is 14.0 Å². The number of nitrogens with zero attached hydrogens (tertiary/aromatic N) is 2. The summed E-state index contributed by atoms with van der Waals surface area (Å²) < 4.78 is 13.8. The average Bonchev–Trinajstić information content (AvgIpc) is 3.29. The van der Waals surface area contributed by atoms with Crippen LogP contribution in [0.4, 0.5) is 4.39 Å². The number of carbonyl (C=O) groups is 2. The van der Waals surface area contributed by atoms with Crippen molar-refractivity contribution in [1.29, 1.82) is 0 Å². The van der Waals surface area contributed by atoms with Gasteiger partial charge < -0.3 is 9.80 Å². The highest BCUT2D eigenvalue weighted by atomic mass is 35.5. The fourth-order valence-electron chi connectivity index (χ4n) is 6.26. The number of hydrogen-bond donors (Lipinski definition) is 0. The summed E-state index contributed by atoms with van der Waals surface area (Å²) >= 11 is 6.23. The maximum absolute atomic E-state index is 14.2. The predicted octanol–water partition coefficient (Wildman–Crippen LogP) is 5.37. The van der Waals surface area contributed by atoms with Crippen molar-refractivity contribution in [2.45, 2.75) is 56.0 Å². The molecule has 0 radical (unpaired) electrons. The molecule has 0 spiro atoms. The first kappa shape index (κ1) is 20.7. The molecule has 0 aromatic heterocycles. The molecule has 0 N–H and O–H groups in total. The van der Waals surface area contributed by atoms with Gasteiger partial charge in [0.2, 0.25) is 0 Å². The van der Waals surface area contributed by atoms with Crippen LogP contribution in [-0.4, -0.2) is 39.9 Å². The van der Waals surface area contributed by atoms with Gasteiger partial charge in [-0.05, 0) is 37.1 Å². The minimum Gasteiger partial charge on any atom is -0.302 e. The summed E-state index contributed by atoms with van der Waals surface area (Å²) in [6.45, 7) is 0. The Morgan fingerprint density at radius 2 is 1.76 bits per heavy atom. The monoisotopic (exact) mass is 462 g/mol. The molecule has 1 saturated heterocycles. The quantitative estimate of drug-likeness (QED) is 0.601. The van der Waals surface area contributed by atoms with Crippen molar-refractivity contribution in [3.8, 4) is 0 Å². The lowest BCUT2D eigenvalue weighted by molar-refractivity contribution is -0.134. The van der Waals surface area contributed by atoms with E-state index in [1.165, 1.54) is 6.08 Å². The summed E-state index contributed by atoms with van der Waals surface area (Å²) in [4.78, 5) is 31.9. The molecule has 2 amide bonds. The highest BCUT2D eigenvalue weighted by molar-refractivity contribution is 6.30. The van der Waals surface area contributed by atoms with E-state index in [1.54, 1.807) is 12.2 Å². The topological polar surface area (TPSA) is 40.6 Å². The van der Waals surface area contributed by atoms with Gasteiger partial charge in [-0.15, -0.1) is 0 Å². The molecule has 2 aliphatic heterocycles. The Bertz CT molecular complexity index is 1210. The predicted molar refractivity (Wildman–Crippen MR) is 124 cm³/mol. The minimum absolute atomic E-state index is 0.0373. The van der Waals surface area contributed by atoms with Crippen LogP contribution in [0.1, 0.15) is 53.6 Å². The maximum atomic E-state index is 14.2. The van der Waals surface area contributed by atoms with Crippen molar-refractivity contribution >= 4 is 23.4 Å². The standard InChI is InChI=1S/C27H24ClFN2O2/c28-19-13-11-18(12-14-19)27-22-6-2-1-5-21(22)26(33)31(27)24-8-4-3-7-23(24)30(27)25(32)17-9-15-20(29)16-10-17/h1-2,5-6,9-15,20,23-24H,3-4,7-8,16H2. The van der Waals surface area contributed by atoms with Gasteiger partial charge in [-0.2, -0.15) is 0 Å². The number of rotatable bonds is 2. The Morgan fingerprint density at radius 3 is 2.48 bits per heavy atom. The van der Waals surface area contributed by atoms with Crippen molar-refractivity contribution < 1.29 is 14.0 Å². The molecule has 2 aromatic rings. The number of benzene rings is 2. The highest BCUT2D eigenvalue weighted by Gasteiger charge is 2.66. The summed E-state index contributed by atoms with van der Waals surface area (Å²) in [5.74, 6) is -0.193. The Hall–Kier alpha value is -2.92. The molecule has 2 fully saturated rings. The number of alkyl halides is 1. The Kier molecular flexibility index (Phi) is 4.73. The Labute approximate surface area is 197 Å². The third-order valence-corrected chi connectivity index (χ3v) is 7.82. The van der Waals surface area contributed by atoms with Crippen LogP contribution in [0.3, 0.4) is 0 Å². The van der Waals surface area contributed by atoms with Gasteiger partial charge in [0.05, 0.1) is 12.1 Å². The summed E-state index contributed by atoms with van der Waals surface area (Å²) in [6.07, 6.45) is 7.55. The number of allylic oxidation sites excluding steroid dienone is 2. The molecule has 4 unspecified atom stereocenters. The Balaban J connectivity index is 1.62. The van der Waals surface area contributed by atoms with Crippen LogP contribution >= 0.6 is 11.6 Å². The lowest BCUT2D eigenvalue weighted by Gasteiger charge is -2.42. The van der Waals surface area contributed by atoms with Gasteiger partial charge >= 0.3 is 0 Å². The van der Waals surface area contributed by atoms with Crippen molar-refractivity contribution in [2.75, 3.05) is 0 Å². The van der Waals surface area contributed by atoms with E-state index in [0.717, 1.165) is 36.8 Å². The third-order valence-electron chi connectivity index (χ3n) is 7.57. The zero-order valence-corrected chi connectivity index (χ0v) is 18.8. The summed E-state index contributed by atoms with van der Waals surface area (Å²) in [5, 5.41) is 0.597. The summed E-state index contributed by atoms with van der Waals surface area (Å²) in [7, 11) is 0. The normalized spacial score (nSPS) is 30.1. The molecule has 6 rings (SSSR count). The highest BCUT2D eigenvalue weighted by Crippen LogP contribution is 2.56. The van der Waals surface area contributed by atoms with Gasteiger partial charge in [0, 0.05) is 33.7 Å². The number of fused-ring (bicyclic) bond motifs is 5. The number of carbonyl (C=O) groups excluding carboxylic acids is 2. The van der Waals surface area contributed by atoms with E-state index >= 15 is 0 Å². The van der Waals surface area contributed by atoms with Crippen LogP contribution in [-0.2, 0) is 10.5 Å². The second-order valence-electron chi connectivity index (χ2n) is 9.26. The van der Waals surface area contributed by atoms with Gasteiger partial charge in [0.1, 0.15) is 6.17 Å². The molecule has 1 saturated carbocycles. The van der Waals surface area contributed by atoms with Gasteiger partial charge in [-0.25, -0.2) is 4.39 Å². The van der Waals surface area contributed by atoms with Crippen LogP contribution in [0.5, 0.6) is 0 Å². The first-order valence-corrected chi connectivity index (χ1v) is 12.0. The van der Waals surface area contributed by atoms with E-state index in [0.29, 0.717) is 16.2 Å². The first-order chi connectivity index (χ1) is 16.0. The molecule has 4 nitrogen and oxygen atoms in total. The zero-order valence-electron chi connectivity index (χ0n) is 18.1. The lowest BCUT2D eigenvalue weighted by atomic mass is 9.87. The second kappa shape index (κ2) is 7.56. The molecular formula is C27H24ClFN2O2. The fourth-order valence-corrected chi connectivity index (χ4v) is 6.38. The summed E-state index contributed by atoms with van der Waals surface area (Å²) in [6, 6.07) is 14.9. The first-order valence-electron chi connectivity index (χ1n) is 11.6. The van der Waals surface area contributed by atoms with Crippen LogP contribution in [0.15, 0.2) is 72.3 Å². The molecule has 2 heterocycles. The van der Waals surface area contributed by atoms with E-state index in [4.69, 9.17) is 11.6 Å². The smallest absolute Gasteiger partial charge is 0.257 e. The zero-order chi connectivity index (χ0) is 22.7. The summed E-state index contributed by atoms with van der Waals surface area (Å²) in [5.41, 5.74) is 1.74. The molecule has 33 heavy (non-hydrogen) atoms. The largest absolute Gasteiger partial charge is 0.302 e. The van der Waals surface area contributed by atoms with Crippen LogP contribution in [0, 0.1) is 0 Å². The van der Waals surface area contributed by atoms with E-state index in [-0.39, 0.29) is 30.3 Å². The Morgan fingerprint density at radius 1 is 1.03 bits per heavy atom. The molecule has 0 bridgehead atoms. The third kappa shape index (κ3) is 2.81. The molecule has 4 aliphatic rings. The van der Waals surface area contributed by atoms with Crippen molar-refractivity contribution in [3.05, 3.63) is 94.0 Å². The van der Waals surface area contributed by atoms with Crippen LogP contribution < -0.4 is 0 Å². The lowest BCUT2D eigenvalue weighted by Crippen LogP contribution is -2.53. The molecule has 168 valence electrons. The fraction of sp³-hybridized carbons (Fsp3) is 0.333. The average molecular weight is 463 g/mol. The molecule has 6 heteroatoms. The van der Waals surface area contributed by atoms with E-state index in [2.05, 4.69) is 0 Å². The van der Waals surface area contributed by atoms with Gasteiger partial charge in [-0.3, -0.25) is 9.59 Å². The molecule has 4 atom stereocenters. The van der Waals surface area contributed by atoms with Gasteiger partial charge in [-0.1, -0.05) is 66.9 Å². The van der Waals surface area contributed by atoms with Crippen molar-refractivity contribution in [2.24, 2.45) is 0 Å². The van der Waals surface area contributed by atoms with E-state index in [1.807, 2.05) is 58.3 Å². The minimum atomic E-state index is -1.07. The molecule has 2 aliphatic carbocycles. The van der Waals surface area contributed by atoms with Gasteiger partial charge in [0.25, 0.3) is 11.8 Å².